The number of rotatable bonds is 3. The minimum atomic E-state index is -0.527. The van der Waals surface area contributed by atoms with Crippen molar-refractivity contribution in [1.82, 2.24) is 0 Å². The molecule has 0 radical (unpaired) electrons. The number of aliphatic hydroxyl groups excluding tert-OH is 1. The number of aliphatic hydroxyl groups is 1. The van der Waals surface area contributed by atoms with Crippen LogP contribution in [-0.4, -0.2) is 5.11 Å². The Morgan fingerprint density at radius 2 is 1.77 bits per heavy atom. The summed E-state index contributed by atoms with van der Waals surface area (Å²) in [4.78, 5) is 0. The van der Waals surface area contributed by atoms with E-state index in [0.717, 1.165) is 11.1 Å². The van der Waals surface area contributed by atoms with Crippen LogP contribution in [0.25, 0.3) is 0 Å². The highest BCUT2D eigenvalue weighted by Crippen LogP contribution is 2.24. The van der Waals surface area contributed by atoms with Crippen LogP contribution in [0.3, 0.4) is 0 Å². The van der Waals surface area contributed by atoms with Crippen molar-refractivity contribution >= 4 is 0 Å². The minimum Gasteiger partial charge on any atom is -0.384 e. The second-order valence-electron chi connectivity index (χ2n) is 3.54. The first-order valence-corrected chi connectivity index (χ1v) is 4.54. The van der Waals surface area contributed by atoms with Gasteiger partial charge in [-0.05, 0) is 17.1 Å². The van der Waals surface area contributed by atoms with Gasteiger partial charge in [0, 0.05) is 0 Å². The van der Waals surface area contributed by atoms with Gasteiger partial charge >= 0.3 is 0 Å². The van der Waals surface area contributed by atoms with E-state index in [4.69, 9.17) is 0 Å². The van der Waals surface area contributed by atoms with Crippen LogP contribution in [0.2, 0.25) is 0 Å². The minimum absolute atomic E-state index is 0.315. The fraction of sp³-hybridized carbons (Fsp3) is 0.333. The molecule has 0 heterocycles. The molecule has 0 bridgehead atoms. The molecular formula is C12H16O. The maximum absolute atomic E-state index is 9.86. The Morgan fingerprint density at radius 1 is 1.23 bits per heavy atom. The van der Waals surface area contributed by atoms with Crippen molar-refractivity contribution < 1.29 is 5.11 Å². The molecule has 1 heteroatoms. The van der Waals surface area contributed by atoms with E-state index in [9.17, 15) is 5.11 Å². The lowest BCUT2D eigenvalue weighted by Crippen LogP contribution is -2.05. The maximum Gasteiger partial charge on any atom is 0.100 e. The van der Waals surface area contributed by atoms with Crippen molar-refractivity contribution in [3.05, 3.63) is 48.0 Å². The molecule has 0 aromatic heterocycles. The molecule has 0 amide bonds. The van der Waals surface area contributed by atoms with Crippen molar-refractivity contribution in [3.63, 3.8) is 0 Å². The molecule has 1 nitrogen and oxygen atoms in total. The summed E-state index contributed by atoms with van der Waals surface area (Å²) in [5, 5.41) is 9.86. The van der Waals surface area contributed by atoms with Crippen LogP contribution >= 0.6 is 0 Å². The molecule has 0 aliphatic rings. The molecule has 1 atom stereocenters. The molecule has 0 aliphatic carbocycles. The van der Waals surface area contributed by atoms with E-state index < -0.39 is 6.10 Å². The molecule has 0 spiro atoms. The molecular weight excluding hydrogens is 160 g/mol. The predicted molar refractivity (Wildman–Crippen MR) is 55.4 cm³/mol. The molecule has 1 aromatic rings. The number of hydrogen-bond acceptors (Lipinski definition) is 1. The molecule has 0 saturated heterocycles. The maximum atomic E-state index is 9.86. The van der Waals surface area contributed by atoms with Crippen LogP contribution in [0.15, 0.2) is 42.5 Å². The van der Waals surface area contributed by atoms with Gasteiger partial charge in [-0.1, -0.05) is 50.8 Å². The quantitative estimate of drug-likeness (QED) is 0.702. The van der Waals surface area contributed by atoms with E-state index in [2.05, 4.69) is 6.58 Å². The molecule has 0 saturated carbocycles. The first kappa shape index (κ1) is 10.0. The molecule has 13 heavy (non-hydrogen) atoms. The van der Waals surface area contributed by atoms with Crippen LogP contribution in [0.1, 0.15) is 25.5 Å². The summed E-state index contributed by atoms with van der Waals surface area (Å²) >= 11 is 0. The summed E-state index contributed by atoms with van der Waals surface area (Å²) < 4.78 is 0. The van der Waals surface area contributed by atoms with E-state index in [1.807, 2.05) is 44.2 Å². The van der Waals surface area contributed by atoms with Gasteiger partial charge in [0.2, 0.25) is 0 Å². The summed E-state index contributed by atoms with van der Waals surface area (Å²) in [7, 11) is 0. The van der Waals surface area contributed by atoms with Crippen LogP contribution < -0.4 is 0 Å². The number of hydrogen-bond donors (Lipinski definition) is 1. The highest BCUT2D eigenvalue weighted by molar-refractivity contribution is 5.25. The fourth-order valence-corrected chi connectivity index (χ4v) is 1.17. The second-order valence-corrected chi connectivity index (χ2v) is 3.54. The van der Waals surface area contributed by atoms with Gasteiger partial charge < -0.3 is 5.11 Å². The van der Waals surface area contributed by atoms with Gasteiger partial charge in [0.1, 0.15) is 6.10 Å². The van der Waals surface area contributed by atoms with E-state index >= 15 is 0 Å². The lowest BCUT2D eigenvalue weighted by molar-refractivity contribution is 0.205. The lowest BCUT2D eigenvalue weighted by atomic mass is 9.94. The summed E-state index contributed by atoms with van der Waals surface area (Å²) in [5.74, 6) is 0.315. The second kappa shape index (κ2) is 4.24. The molecule has 1 rings (SSSR count). The van der Waals surface area contributed by atoms with Gasteiger partial charge in [-0.2, -0.15) is 0 Å². The Morgan fingerprint density at radius 3 is 2.23 bits per heavy atom. The third-order valence-corrected chi connectivity index (χ3v) is 2.21. The highest BCUT2D eigenvalue weighted by Gasteiger charge is 2.13. The molecule has 0 unspecified atom stereocenters. The van der Waals surface area contributed by atoms with Crippen molar-refractivity contribution in [2.24, 2.45) is 5.92 Å². The Labute approximate surface area is 79.7 Å². The molecule has 1 N–H and O–H groups in total. The Bertz CT molecular complexity index is 274. The van der Waals surface area contributed by atoms with Gasteiger partial charge in [0.25, 0.3) is 0 Å². The predicted octanol–water partition coefficient (Wildman–Crippen LogP) is 2.93. The van der Waals surface area contributed by atoms with Gasteiger partial charge in [0.05, 0.1) is 0 Å². The summed E-state index contributed by atoms with van der Waals surface area (Å²) in [6, 6.07) is 9.61. The van der Waals surface area contributed by atoms with Crippen LogP contribution in [0, 0.1) is 5.92 Å². The zero-order valence-corrected chi connectivity index (χ0v) is 8.20. The Balaban J connectivity index is 2.80. The first-order chi connectivity index (χ1) is 6.13. The molecule has 1 aromatic carbocycles. The van der Waals surface area contributed by atoms with Crippen molar-refractivity contribution in [2.75, 3.05) is 0 Å². The zero-order valence-electron chi connectivity index (χ0n) is 8.20. The van der Waals surface area contributed by atoms with Crippen LogP contribution in [0.5, 0.6) is 0 Å². The van der Waals surface area contributed by atoms with Crippen LogP contribution in [0.4, 0.5) is 0 Å². The van der Waals surface area contributed by atoms with E-state index in [1.54, 1.807) is 0 Å². The Hall–Kier alpha value is -1.08. The zero-order chi connectivity index (χ0) is 9.84. The van der Waals surface area contributed by atoms with Gasteiger partial charge in [-0.25, -0.2) is 0 Å². The van der Waals surface area contributed by atoms with Gasteiger partial charge in [0.15, 0.2) is 0 Å². The van der Waals surface area contributed by atoms with E-state index in [1.165, 1.54) is 0 Å². The third kappa shape index (κ3) is 2.43. The number of benzene rings is 1. The van der Waals surface area contributed by atoms with E-state index in [-0.39, 0.29) is 0 Å². The lowest BCUT2D eigenvalue weighted by Gasteiger charge is -2.16. The Kier molecular flexibility index (Phi) is 3.26. The topological polar surface area (TPSA) is 20.2 Å². The average Bonchev–Trinajstić information content (AvgIpc) is 2.17. The van der Waals surface area contributed by atoms with Crippen molar-refractivity contribution in [1.29, 1.82) is 0 Å². The largest absolute Gasteiger partial charge is 0.384 e. The van der Waals surface area contributed by atoms with Crippen LogP contribution in [-0.2, 0) is 0 Å². The third-order valence-electron chi connectivity index (χ3n) is 2.21. The normalized spacial score (nSPS) is 12.9. The first-order valence-electron chi connectivity index (χ1n) is 4.54. The van der Waals surface area contributed by atoms with Gasteiger partial charge in [-0.3, -0.25) is 0 Å². The smallest absolute Gasteiger partial charge is 0.100 e. The van der Waals surface area contributed by atoms with E-state index in [0.29, 0.717) is 5.92 Å². The standard InChI is InChI=1S/C12H16O/c1-9(2)10(3)12(13)11-7-5-4-6-8-11/h4-9,12-13H,3H2,1-2H3/t12-/m0/s1. The monoisotopic (exact) mass is 176 g/mol. The summed E-state index contributed by atoms with van der Waals surface area (Å²) in [6.45, 7) is 7.95. The summed E-state index contributed by atoms with van der Waals surface area (Å²) in [6.07, 6.45) is -0.527. The van der Waals surface area contributed by atoms with Gasteiger partial charge in [-0.15, -0.1) is 0 Å². The molecule has 0 aliphatic heterocycles. The average molecular weight is 176 g/mol. The van der Waals surface area contributed by atoms with Crippen molar-refractivity contribution in [3.8, 4) is 0 Å². The fourth-order valence-electron chi connectivity index (χ4n) is 1.17. The summed E-state index contributed by atoms with van der Waals surface area (Å²) in [5.41, 5.74) is 1.78. The SMILES string of the molecule is C=C(C(C)C)[C@H](O)c1ccccc1. The van der Waals surface area contributed by atoms with Crippen molar-refractivity contribution in [2.45, 2.75) is 20.0 Å². The molecule has 0 fully saturated rings. The highest BCUT2D eigenvalue weighted by atomic mass is 16.3. The molecule has 70 valence electrons.